The number of nitrogens with two attached hydrogens (primary N) is 1. The van der Waals surface area contributed by atoms with Gasteiger partial charge in [0.05, 0.1) is 6.10 Å². The maximum atomic E-state index is 12.3. The number of hydrogen-bond donors (Lipinski definition) is 2. The van der Waals surface area contributed by atoms with E-state index in [0.717, 1.165) is 51.7 Å². The number of likely N-dealkylation sites (tertiary alicyclic amines) is 1. The van der Waals surface area contributed by atoms with Crippen LogP contribution in [0.15, 0.2) is 30.3 Å². The summed E-state index contributed by atoms with van der Waals surface area (Å²) >= 11 is 0. The van der Waals surface area contributed by atoms with Crippen LogP contribution in [0.1, 0.15) is 31.2 Å². The molecule has 132 valence electrons. The van der Waals surface area contributed by atoms with E-state index >= 15 is 0 Å². The van der Waals surface area contributed by atoms with Crippen LogP contribution in [0.2, 0.25) is 0 Å². The Morgan fingerprint density at radius 3 is 2.58 bits per heavy atom. The summed E-state index contributed by atoms with van der Waals surface area (Å²) < 4.78 is 5.68. The number of benzene rings is 1. The van der Waals surface area contributed by atoms with E-state index in [0.29, 0.717) is 6.54 Å². The number of nitrogens with zero attached hydrogens (tertiary/aromatic N) is 1. The zero-order valence-electron chi connectivity index (χ0n) is 14.3. The fourth-order valence-corrected chi connectivity index (χ4v) is 3.60. The molecular formula is C19H29N3O2. The molecule has 1 amide bonds. The van der Waals surface area contributed by atoms with Crippen LogP contribution in [0.5, 0.6) is 0 Å². The molecule has 3 rings (SSSR count). The van der Waals surface area contributed by atoms with Crippen molar-refractivity contribution in [2.24, 2.45) is 5.73 Å². The van der Waals surface area contributed by atoms with Gasteiger partial charge < -0.3 is 20.7 Å². The predicted octanol–water partition coefficient (Wildman–Crippen LogP) is 1.32. The van der Waals surface area contributed by atoms with E-state index in [4.69, 9.17) is 10.5 Å². The van der Waals surface area contributed by atoms with E-state index in [1.807, 2.05) is 0 Å². The lowest BCUT2D eigenvalue weighted by Gasteiger charge is -2.32. The van der Waals surface area contributed by atoms with Crippen molar-refractivity contribution in [2.75, 3.05) is 26.2 Å². The average Bonchev–Trinajstić information content (AvgIpc) is 3.11. The Morgan fingerprint density at radius 1 is 1.17 bits per heavy atom. The van der Waals surface area contributed by atoms with Gasteiger partial charge in [0.15, 0.2) is 0 Å². The normalized spacial score (nSPS) is 25.7. The summed E-state index contributed by atoms with van der Waals surface area (Å²) in [6, 6.07) is 10.9. The first-order valence-electron chi connectivity index (χ1n) is 9.17. The zero-order chi connectivity index (χ0) is 16.8. The van der Waals surface area contributed by atoms with Crippen LogP contribution in [0.4, 0.5) is 0 Å². The van der Waals surface area contributed by atoms with Crippen LogP contribution < -0.4 is 11.1 Å². The van der Waals surface area contributed by atoms with Crippen molar-refractivity contribution in [1.82, 2.24) is 10.2 Å². The predicted molar refractivity (Wildman–Crippen MR) is 94.7 cm³/mol. The molecule has 5 heteroatoms. The van der Waals surface area contributed by atoms with Crippen LogP contribution >= 0.6 is 0 Å². The minimum atomic E-state index is -0.297. The van der Waals surface area contributed by atoms with Crippen LogP contribution in [-0.4, -0.2) is 55.2 Å². The minimum Gasteiger partial charge on any atom is -0.364 e. The monoisotopic (exact) mass is 331 g/mol. The molecule has 2 saturated heterocycles. The molecule has 0 aromatic heterocycles. The van der Waals surface area contributed by atoms with Gasteiger partial charge in [0.25, 0.3) is 0 Å². The third-order valence-corrected chi connectivity index (χ3v) is 5.16. The van der Waals surface area contributed by atoms with Gasteiger partial charge in [-0.15, -0.1) is 0 Å². The summed E-state index contributed by atoms with van der Waals surface area (Å²) in [4.78, 5) is 14.8. The number of ether oxygens (including phenoxy) is 1. The van der Waals surface area contributed by atoms with Crippen LogP contribution in [-0.2, 0) is 16.0 Å². The molecule has 2 atom stereocenters. The number of rotatable bonds is 6. The van der Waals surface area contributed by atoms with Gasteiger partial charge >= 0.3 is 0 Å². The van der Waals surface area contributed by atoms with Gasteiger partial charge in [0.2, 0.25) is 5.91 Å². The molecule has 2 fully saturated rings. The standard InChI is InChI=1S/C19H29N3O2/c20-14-17-6-7-18(24-17)19(23)21-16-9-12-22(13-10-16)11-8-15-4-2-1-3-5-15/h1-5,16-18H,6-14,20H2,(H,21,23)/t17-,18+/m1/s1. The fraction of sp³-hybridized carbons (Fsp3) is 0.632. The highest BCUT2D eigenvalue weighted by Crippen LogP contribution is 2.20. The van der Waals surface area contributed by atoms with Crippen molar-refractivity contribution < 1.29 is 9.53 Å². The third kappa shape index (κ3) is 4.79. The summed E-state index contributed by atoms with van der Waals surface area (Å²) in [7, 11) is 0. The molecule has 1 aromatic rings. The fourth-order valence-electron chi connectivity index (χ4n) is 3.60. The molecule has 1 aromatic carbocycles. The van der Waals surface area contributed by atoms with Crippen LogP contribution in [0, 0.1) is 0 Å². The highest BCUT2D eigenvalue weighted by atomic mass is 16.5. The molecule has 2 aliphatic rings. The lowest BCUT2D eigenvalue weighted by Crippen LogP contribution is -2.48. The number of hydrogen-bond acceptors (Lipinski definition) is 4. The van der Waals surface area contributed by atoms with Crippen molar-refractivity contribution in [3.63, 3.8) is 0 Å². The number of amides is 1. The van der Waals surface area contributed by atoms with Gasteiger partial charge in [-0.2, -0.15) is 0 Å². The third-order valence-electron chi connectivity index (χ3n) is 5.16. The molecule has 0 spiro atoms. The number of nitrogens with one attached hydrogen (secondary N) is 1. The molecule has 0 saturated carbocycles. The summed E-state index contributed by atoms with van der Waals surface area (Å²) in [5.41, 5.74) is 6.99. The van der Waals surface area contributed by atoms with E-state index in [9.17, 15) is 4.79 Å². The zero-order valence-corrected chi connectivity index (χ0v) is 14.3. The summed E-state index contributed by atoms with van der Waals surface area (Å²) in [5, 5.41) is 3.17. The maximum absolute atomic E-state index is 12.3. The molecule has 24 heavy (non-hydrogen) atoms. The highest BCUT2D eigenvalue weighted by molar-refractivity contribution is 5.81. The van der Waals surface area contributed by atoms with Crippen molar-refractivity contribution in [2.45, 2.75) is 50.4 Å². The van der Waals surface area contributed by atoms with E-state index in [1.165, 1.54) is 5.56 Å². The number of carbonyl (C=O) groups excluding carboxylic acids is 1. The SMILES string of the molecule is NC[C@H]1CC[C@@H](C(=O)NC2CCN(CCc3ccccc3)CC2)O1. The lowest BCUT2D eigenvalue weighted by molar-refractivity contribution is -0.132. The molecule has 0 unspecified atom stereocenters. The Balaban J connectivity index is 1.35. The van der Waals surface area contributed by atoms with E-state index in [-0.39, 0.29) is 24.2 Å². The number of piperidine rings is 1. The summed E-state index contributed by atoms with van der Waals surface area (Å²) in [5.74, 6) is 0.0497. The molecule has 5 nitrogen and oxygen atoms in total. The molecule has 0 aliphatic carbocycles. The Labute approximate surface area is 144 Å². The van der Waals surface area contributed by atoms with Gasteiger partial charge in [-0.3, -0.25) is 4.79 Å². The molecule has 0 radical (unpaired) electrons. The molecular weight excluding hydrogens is 302 g/mol. The van der Waals surface area contributed by atoms with E-state index < -0.39 is 0 Å². The van der Waals surface area contributed by atoms with Crippen LogP contribution in [0.3, 0.4) is 0 Å². The Bertz CT molecular complexity index is 515. The van der Waals surface area contributed by atoms with Crippen LogP contribution in [0.25, 0.3) is 0 Å². The first-order valence-corrected chi connectivity index (χ1v) is 9.17. The second-order valence-corrected chi connectivity index (χ2v) is 6.92. The molecule has 0 bridgehead atoms. The van der Waals surface area contributed by atoms with Gasteiger partial charge in [-0.25, -0.2) is 0 Å². The summed E-state index contributed by atoms with van der Waals surface area (Å²) in [6.07, 6.45) is 4.58. The second-order valence-electron chi connectivity index (χ2n) is 6.92. The Hall–Kier alpha value is -1.43. The lowest BCUT2D eigenvalue weighted by atomic mass is 10.0. The Kier molecular flexibility index (Phi) is 6.24. The van der Waals surface area contributed by atoms with Crippen molar-refractivity contribution in [1.29, 1.82) is 0 Å². The van der Waals surface area contributed by atoms with E-state index in [2.05, 4.69) is 40.5 Å². The first-order chi connectivity index (χ1) is 11.7. The van der Waals surface area contributed by atoms with Gasteiger partial charge in [-0.1, -0.05) is 30.3 Å². The van der Waals surface area contributed by atoms with Crippen molar-refractivity contribution >= 4 is 5.91 Å². The Morgan fingerprint density at radius 2 is 1.92 bits per heavy atom. The minimum absolute atomic E-state index is 0.0497. The first kappa shape index (κ1) is 17.4. The summed E-state index contributed by atoms with van der Waals surface area (Å²) in [6.45, 7) is 3.70. The topological polar surface area (TPSA) is 67.6 Å². The quantitative estimate of drug-likeness (QED) is 0.825. The maximum Gasteiger partial charge on any atom is 0.249 e. The second kappa shape index (κ2) is 8.60. The molecule has 3 N–H and O–H groups in total. The largest absolute Gasteiger partial charge is 0.364 e. The highest BCUT2D eigenvalue weighted by Gasteiger charge is 2.31. The van der Waals surface area contributed by atoms with Gasteiger partial charge in [0.1, 0.15) is 6.10 Å². The van der Waals surface area contributed by atoms with Gasteiger partial charge in [0, 0.05) is 32.2 Å². The van der Waals surface area contributed by atoms with E-state index in [1.54, 1.807) is 0 Å². The molecule has 2 aliphatic heterocycles. The van der Waals surface area contributed by atoms with Crippen molar-refractivity contribution in [3.8, 4) is 0 Å². The smallest absolute Gasteiger partial charge is 0.249 e. The molecule has 2 heterocycles. The number of carbonyl (C=O) groups is 1. The van der Waals surface area contributed by atoms with Crippen molar-refractivity contribution in [3.05, 3.63) is 35.9 Å². The van der Waals surface area contributed by atoms with Gasteiger partial charge in [-0.05, 0) is 37.7 Å². The average molecular weight is 331 g/mol.